The zero-order valence-electron chi connectivity index (χ0n) is 30.1. The van der Waals surface area contributed by atoms with Gasteiger partial charge in [0.2, 0.25) is 23.6 Å². The second-order valence-electron chi connectivity index (χ2n) is 14.9. The third-order valence-corrected chi connectivity index (χ3v) is 6.66. The summed E-state index contributed by atoms with van der Waals surface area (Å²) in [6.07, 6.45) is 0. The van der Waals surface area contributed by atoms with Crippen LogP contribution in [-0.2, 0) is 28.7 Å². The zero-order valence-corrected chi connectivity index (χ0v) is 30.1. The molecule has 0 rings (SSSR count). The largest absolute Gasteiger partial charge is 0.467 e. The maximum Gasteiger partial charge on any atom is 0.330 e. The number of nitrogens with one attached hydrogen (secondary N) is 8. The molecular formula is C30H56N8O8. The van der Waals surface area contributed by atoms with Crippen molar-refractivity contribution in [2.24, 2.45) is 0 Å². The fourth-order valence-electron chi connectivity index (χ4n) is 3.57. The number of rotatable bonds is 14. The van der Waals surface area contributed by atoms with E-state index in [9.17, 15) is 33.6 Å². The Bertz CT molecular complexity index is 1190. The van der Waals surface area contributed by atoms with Gasteiger partial charge in [-0.3, -0.25) is 19.2 Å². The van der Waals surface area contributed by atoms with Crippen molar-refractivity contribution in [2.45, 2.75) is 136 Å². The van der Waals surface area contributed by atoms with Crippen molar-refractivity contribution in [1.82, 2.24) is 42.5 Å². The topological polar surface area (TPSA) is 225 Å². The molecule has 0 fully saturated rings. The molecule has 0 unspecified atom stereocenters. The monoisotopic (exact) mass is 656 g/mol. The third kappa shape index (κ3) is 13.1. The average Bonchev–Trinajstić information content (AvgIpc) is 2.84. The van der Waals surface area contributed by atoms with Gasteiger partial charge in [-0.25, -0.2) is 14.4 Å². The van der Waals surface area contributed by atoms with Gasteiger partial charge in [-0.2, -0.15) is 0 Å². The van der Waals surface area contributed by atoms with E-state index >= 15 is 0 Å². The molecule has 16 heteroatoms. The van der Waals surface area contributed by atoms with Gasteiger partial charge in [0.05, 0.1) is 12.6 Å². The number of esters is 1. The smallest absolute Gasteiger partial charge is 0.330 e. The van der Waals surface area contributed by atoms with Crippen LogP contribution in [0.3, 0.4) is 0 Å². The molecule has 8 amide bonds. The van der Waals surface area contributed by atoms with Gasteiger partial charge in [-0.15, -0.1) is 0 Å². The van der Waals surface area contributed by atoms with Gasteiger partial charge in [0.1, 0.15) is 27.7 Å². The van der Waals surface area contributed by atoms with E-state index in [-0.39, 0.29) is 12.6 Å². The Labute approximate surface area is 272 Å². The fraction of sp³-hybridized carbons (Fsp3) is 0.767. The normalized spacial score (nSPS) is 12.7. The summed E-state index contributed by atoms with van der Waals surface area (Å²) in [6, 6.07) is -1.14. The van der Waals surface area contributed by atoms with Crippen LogP contribution in [0.15, 0.2) is 0 Å². The molecule has 16 nitrogen and oxygen atoms in total. The van der Waals surface area contributed by atoms with Crippen LogP contribution in [-0.4, -0.2) is 94.6 Å². The summed E-state index contributed by atoms with van der Waals surface area (Å²) >= 11 is 0. The van der Waals surface area contributed by atoms with Crippen molar-refractivity contribution in [1.29, 1.82) is 0 Å². The molecule has 0 bridgehead atoms. The summed E-state index contributed by atoms with van der Waals surface area (Å²) in [5.41, 5.74) is -8.22. The van der Waals surface area contributed by atoms with Crippen LogP contribution in [0, 0.1) is 0 Å². The van der Waals surface area contributed by atoms with E-state index in [1.165, 1.54) is 76.3 Å². The van der Waals surface area contributed by atoms with E-state index in [1.54, 1.807) is 13.8 Å². The first kappa shape index (κ1) is 41.9. The minimum absolute atomic E-state index is 0.0502. The Hall–Kier alpha value is -4.11. The Morgan fingerprint density at radius 2 is 0.826 bits per heavy atom. The number of hydrogen-bond acceptors (Lipinski definition) is 8. The minimum Gasteiger partial charge on any atom is -0.467 e. The summed E-state index contributed by atoms with van der Waals surface area (Å²) < 4.78 is 4.69. The summed E-state index contributed by atoms with van der Waals surface area (Å²) in [4.78, 5) is 89.1. The van der Waals surface area contributed by atoms with Crippen molar-refractivity contribution >= 4 is 41.7 Å². The highest BCUT2D eigenvalue weighted by atomic mass is 16.5. The SMILES string of the molecule is COC(=O)C(C)(C)NC(=O)C(C)(C)NC(=O)C(C)(C)NC(=O)C(C)(C)NC(=O)C(C)(C)NC(=O)NCC(C)(C)NC(=O)NC(C)C. The quantitative estimate of drug-likeness (QED) is 0.121. The van der Waals surface area contributed by atoms with Crippen molar-refractivity contribution in [3.05, 3.63) is 0 Å². The highest BCUT2D eigenvalue weighted by Crippen LogP contribution is 2.15. The predicted octanol–water partition coefficient (Wildman–Crippen LogP) is 0.303. The lowest BCUT2D eigenvalue weighted by atomic mass is 9.94. The average molecular weight is 657 g/mol. The Kier molecular flexibility index (Phi) is 13.6. The van der Waals surface area contributed by atoms with E-state index in [0.29, 0.717) is 0 Å². The van der Waals surface area contributed by atoms with Gasteiger partial charge in [0, 0.05) is 12.6 Å². The summed E-state index contributed by atoms with van der Waals surface area (Å²) in [7, 11) is 1.19. The molecule has 0 radical (unpaired) electrons. The maximum absolute atomic E-state index is 13.3. The Balaban J connectivity index is 5.35. The molecule has 46 heavy (non-hydrogen) atoms. The van der Waals surface area contributed by atoms with Crippen LogP contribution in [0.5, 0.6) is 0 Å². The number of carbonyl (C=O) groups is 7. The molecule has 0 saturated carbocycles. The number of urea groups is 2. The molecule has 8 N–H and O–H groups in total. The summed E-state index contributed by atoms with van der Waals surface area (Å²) in [5.74, 6) is -3.46. The second kappa shape index (κ2) is 15.0. The van der Waals surface area contributed by atoms with Crippen molar-refractivity contribution in [3.8, 4) is 0 Å². The van der Waals surface area contributed by atoms with Gasteiger partial charge in [0.25, 0.3) is 0 Å². The molecule has 0 spiro atoms. The van der Waals surface area contributed by atoms with Gasteiger partial charge < -0.3 is 47.3 Å². The standard InChI is InChI=1S/C30H56N8O8/c1-17(2)32-24(45)37-25(3,4)16-31-23(44)38-29(11,12)21(42)35-27(7,8)19(40)33-26(5,6)18(39)34-28(9,10)20(41)36-30(13,14)22(43)46-15/h17H,16H2,1-15H3,(H,33,40)(H,34,39)(H,35,42)(H,36,41)(H2,31,38,44)(H2,32,37,45). The van der Waals surface area contributed by atoms with Crippen LogP contribution in [0.25, 0.3) is 0 Å². The van der Waals surface area contributed by atoms with Crippen molar-refractivity contribution in [3.63, 3.8) is 0 Å². The number of carbonyl (C=O) groups excluding carboxylic acids is 7. The first-order valence-electron chi connectivity index (χ1n) is 14.9. The van der Waals surface area contributed by atoms with Crippen molar-refractivity contribution in [2.75, 3.05) is 13.7 Å². The molecule has 0 aromatic carbocycles. The lowest BCUT2D eigenvalue weighted by molar-refractivity contribution is -0.150. The maximum atomic E-state index is 13.3. The van der Waals surface area contributed by atoms with E-state index < -0.39 is 74.9 Å². The van der Waals surface area contributed by atoms with Crippen LogP contribution in [0.1, 0.15) is 96.9 Å². The van der Waals surface area contributed by atoms with Gasteiger partial charge in [0.15, 0.2) is 0 Å². The number of amides is 8. The molecule has 0 aliphatic rings. The first-order valence-corrected chi connectivity index (χ1v) is 14.9. The number of hydrogen-bond donors (Lipinski definition) is 8. The molecule has 0 aromatic rings. The van der Waals surface area contributed by atoms with Crippen LogP contribution >= 0.6 is 0 Å². The molecular weight excluding hydrogens is 600 g/mol. The van der Waals surface area contributed by atoms with Crippen LogP contribution in [0.2, 0.25) is 0 Å². The Morgan fingerprint density at radius 3 is 1.15 bits per heavy atom. The molecule has 0 aromatic heterocycles. The molecule has 0 aliphatic carbocycles. The first-order chi connectivity index (χ1) is 20.4. The predicted molar refractivity (Wildman–Crippen MR) is 172 cm³/mol. The molecule has 264 valence electrons. The number of ether oxygens (including phenoxy) is 1. The highest BCUT2D eigenvalue weighted by molar-refractivity contribution is 6.00. The fourth-order valence-corrected chi connectivity index (χ4v) is 3.57. The van der Waals surface area contributed by atoms with Gasteiger partial charge in [-0.1, -0.05) is 0 Å². The summed E-state index contributed by atoms with van der Waals surface area (Å²) in [6.45, 7) is 21.5. The van der Waals surface area contributed by atoms with E-state index in [1.807, 2.05) is 13.8 Å². The zero-order chi connectivity index (χ0) is 36.7. The van der Waals surface area contributed by atoms with Crippen molar-refractivity contribution < 1.29 is 38.3 Å². The number of methoxy groups -OCH3 is 1. The van der Waals surface area contributed by atoms with E-state index in [0.717, 1.165) is 0 Å². The highest BCUT2D eigenvalue weighted by Gasteiger charge is 2.43. The molecule has 0 aliphatic heterocycles. The molecule has 0 saturated heterocycles. The molecule has 0 atom stereocenters. The Morgan fingerprint density at radius 1 is 0.500 bits per heavy atom. The van der Waals surface area contributed by atoms with Gasteiger partial charge >= 0.3 is 18.0 Å². The summed E-state index contributed by atoms with van der Waals surface area (Å²) in [5, 5.41) is 20.9. The lowest BCUT2D eigenvalue weighted by Crippen LogP contribution is -2.68. The molecule has 0 heterocycles. The van der Waals surface area contributed by atoms with Crippen LogP contribution in [0.4, 0.5) is 9.59 Å². The van der Waals surface area contributed by atoms with E-state index in [4.69, 9.17) is 4.74 Å². The van der Waals surface area contributed by atoms with E-state index in [2.05, 4.69) is 42.5 Å². The minimum atomic E-state index is -1.55. The lowest BCUT2D eigenvalue weighted by Gasteiger charge is -2.36. The van der Waals surface area contributed by atoms with Gasteiger partial charge in [-0.05, 0) is 96.9 Å². The van der Waals surface area contributed by atoms with Crippen LogP contribution < -0.4 is 42.5 Å². The second-order valence-corrected chi connectivity index (χ2v) is 14.9. The third-order valence-electron chi connectivity index (χ3n) is 6.66.